The van der Waals surface area contributed by atoms with E-state index in [-0.39, 0.29) is 0 Å². The molecule has 0 aliphatic heterocycles. The Kier molecular flexibility index (Phi) is 6.36. The van der Waals surface area contributed by atoms with Crippen LogP contribution in [0.5, 0.6) is 0 Å². The van der Waals surface area contributed by atoms with Gasteiger partial charge in [0.1, 0.15) is 0 Å². The lowest BCUT2D eigenvalue weighted by Gasteiger charge is -2.30. The van der Waals surface area contributed by atoms with Gasteiger partial charge in [-0.05, 0) is 36.5 Å². The number of hydrogen-bond acceptors (Lipinski definition) is 0. The molecule has 0 bridgehead atoms. The smallest absolute Gasteiger partial charge is 0.0271 e. The molecule has 0 rings (SSSR count). The van der Waals surface area contributed by atoms with Crippen LogP contribution in [0.2, 0.25) is 0 Å². The fourth-order valence-corrected chi connectivity index (χ4v) is 2.95. The topological polar surface area (TPSA) is 0 Å². The molecule has 0 aliphatic carbocycles. The molecule has 0 aliphatic rings. The van der Waals surface area contributed by atoms with Crippen molar-refractivity contribution in [3.8, 4) is 0 Å². The van der Waals surface area contributed by atoms with Crippen LogP contribution in [0.15, 0.2) is 12.2 Å². The van der Waals surface area contributed by atoms with E-state index in [1.165, 1.54) is 44.1 Å². The van der Waals surface area contributed by atoms with Crippen molar-refractivity contribution in [2.45, 2.75) is 80.1 Å². The summed E-state index contributed by atoms with van der Waals surface area (Å²) < 4.78 is 0. The summed E-state index contributed by atoms with van der Waals surface area (Å²) in [5.74, 6) is 0. The summed E-state index contributed by atoms with van der Waals surface area (Å²) in [5, 5.41) is 0. The zero-order chi connectivity index (χ0) is 12.8. The van der Waals surface area contributed by atoms with Crippen molar-refractivity contribution in [2.24, 2.45) is 10.8 Å². The molecule has 0 nitrogen and oxygen atoms in total. The summed E-state index contributed by atoms with van der Waals surface area (Å²) >= 11 is 0. The maximum atomic E-state index is 4.29. The highest BCUT2D eigenvalue weighted by molar-refractivity contribution is 5.01. The lowest BCUT2D eigenvalue weighted by Crippen LogP contribution is -2.16. The standard InChI is InChI=1S/C16H32/c1-8-10-15(4,5)12-14(3)13-16(6,7)11-9-2/h3,8-13H2,1-2,4-7H3. The molecule has 0 radical (unpaired) electrons. The Labute approximate surface area is 104 Å². The van der Waals surface area contributed by atoms with E-state index < -0.39 is 0 Å². The molecule has 0 spiro atoms. The fraction of sp³-hybridized carbons (Fsp3) is 0.875. The summed E-state index contributed by atoms with van der Waals surface area (Å²) in [6, 6.07) is 0. The highest BCUT2D eigenvalue weighted by atomic mass is 14.3. The zero-order valence-electron chi connectivity index (χ0n) is 12.4. The van der Waals surface area contributed by atoms with Gasteiger partial charge in [-0.15, -0.1) is 0 Å². The molecular formula is C16H32. The van der Waals surface area contributed by atoms with E-state index in [4.69, 9.17) is 0 Å². The predicted octanol–water partition coefficient (Wildman–Crippen LogP) is 5.98. The van der Waals surface area contributed by atoms with Gasteiger partial charge in [0.25, 0.3) is 0 Å². The van der Waals surface area contributed by atoms with Gasteiger partial charge >= 0.3 is 0 Å². The van der Waals surface area contributed by atoms with E-state index in [1.54, 1.807) is 0 Å². The van der Waals surface area contributed by atoms with Gasteiger partial charge < -0.3 is 0 Å². The Morgan fingerprint density at radius 1 is 0.812 bits per heavy atom. The minimum Gasteiger partial charge on any atom is -0.0998 e. The van der Waals surface area contributed by atoms with Crippen LogP contribution in [0.4, 0.5) is 0 Å². The first-order valence-corrected chi connectivity index (χ1v) is 6.89. The van der Waals surface area contributed by atoms with Crippen molar-refractivity contribution in [1.29, 1.82) is 0 Å². The molecule has 16 heavy (non-hydrogen) atoms. The maximum absolute atomic E-state index is 4.29. The van der Waals surface area contributed by atoms with E-state index in [0.29, 0.717) is 10.8 Å². The van der Waals surface area contributed by atoms with E-state index >= 15 is 0 Å². The van der Waals surface area contributed by atoms with Crippen LogP contribution in [0.1, 0.15) is 80.1 Å². The lowest BCUT2D eigenvalue weighted by atomic mass is 9.76. The van der Waals surface area contributed by atoms with E-state index in [2.05, 4.69) is 48.1 Å². The predicted molar refractivity (Wildman–Crippen MR) is 75.8 cm³/mol. The van der Waals surface area contributed by atoms with Gasteiger partial charge in [-0.3, -0.25) is 0 Å². The number of hydrogen-bond donors (Lipinski definition) is 0. The second kappa shape index (κ2) is 6.47. The second-order valence-corrected chi connectivity index (χ2v) is 6.93. The second-order valence-electron chi connectivity index (χ2n) is 6.93. The van der Waals surface area contributed by atoms with Crippen molar-refractivity contribution in [3.63, 3.8) is 0 Å². The summed E-state index contributed by atoms with van der Waals surface area (Å²) in [6.07, 6.45) is 7.54. The number of rotatable bonds is 8. The highest BCUT2D eigenvalue weighted by Crippen LogP contribution is 2.36. The molecule has 0 unspecified atom stereocenters. The Hall–Kier alpha value is -0.260. The SMILES string of the molecule is C=C(CC(C)(C)CCC)CC(C)(C)CCC. The van der Waals surface area contributed by atoms with Gasteiger partial charge in [0.05, 0.1) is 0 Å². The minimum absolute atomic E-state index is 0.439. The first-order chi connectivity index (χ1) is 7.22. The first-order valence-electron chi connectivity index (χ1n) is 6.89. The Bertz CT molecular complexity index is 186. The third-order valence-electron chi connectivity index (χ3n) is 3.31. The third kappa shape index (κ3) is 7.09. The van der Waals surface area contributed by atoms with Crippen molar-refractivity contribution in [1.82, 2.24) is 0 Å². The first kappa shape index (κ1) is 15.7. The molecule has 0 heterocycles. The molecule has 0 aromatic rings. The van der Waals surface area contributed by atoms with Crippen LogP contribution in [0.25, 0.3) is 0 Å². The molecule has 0 heteroatoms. The molecule has 0 saturated carbocycles. The van der Waals surface area contributed by atoms with Gasteiger partial charge in [-0.1, -0.05) is 66.5 Å². The molecule has 0 aromatic carbocycles. The Morgan fingerprint density at radius 3 is 1.38 bits per heavy atom. The van der Waals surface area contributed by atoms with Crippen LogP contribution in [-0.4, -0.2) is 0 Å². The zero-order valence-corrected chi connectivity index (χ0v) is 12.4. The van der Waals surface area contributed by atoms with E-state index in [0.717, 1.165) is 0 Å². The average Bonchev–Trinajstić information content (AvgIpc) is 1.99. The Balaban J connectivity index is 4.17. The van der Waals surface area contributed by atoms with Crippen LogP contribution in [0.3, 0.4) is 0 Å². The van der Waals surface area contributed by atoms with Crippen molar-refractivity contribution in [2.75, 3.05) is 0 Å². The van der Waals surface area contributed by atoms with Crippen molar-refractivity contribution in [3.05, 3.63) is 12.2 Å². The van der Waals surface area contributed by atoms with Gasteiger partial charge in [-0.25, -0.2) is 0 Å². The van der Waals surface area contributed by atoms with Gasteiger partial charge in [0.15, 0.2) is 0 Å². The third-order valence-corrected chi connectivity index (χ3v) is 3.31. The van der Waals surface area contributed by atoms with Crippen LogP contribution < -0.4 is 0 Å². The Morgan fingerprint density at radius 2 is 1.12 bits per heavy atom. The van der Waals surface area contributed by atoms with E-state index in [9.17, 15) is 0 Å². The van der Waals surface area contributed by atoms with Crippen LogP contribution >= 0.6 is 0 Å². The molecule has 0 aromatic heterocycles. The van der Waals surface area contributed by atoms with E-state index in [1.807, 2.05) is 0 Å². The summed E-state index contributed by atoms with van der Waals surface area (Å²) in [6.45, 7) is 18.3. The molecule has 0 atom stereocenters. The normalized spacial score (nSPS) is 12.9. The molecule has 96 valence electrons. The average molecular weight is 224 g/mol. The highest BCUT2D eigenvalue weighted by Gasteiger charge is 2.22. The molecule has 0 fully saturated rings. The van der Waals surface area contributed by atoms with Crippen LogP contribution in [-0.2, 0) is 0 Å². The maximum Gasteiger partial charge on any atom is -0.0271 e. The van der Waals surface area contributed by atoms with Gasteiger partial charge in [-0.2, -0.15) is 0 Å². The molecule has 0 N–H and O–H groups in total. The summed E-state index contributed by atoms with van der Waals surface area (Å²) in [7, 11) is 0. The summed E-state index contributed by atoms with van der Waals surface area (Å²) in [4.78, 5) is 0. The molecular weight excluding hydrogens is 192 g/mol. The monoisotopic (exact) mass is 224 g/mol. The van der Waals surface area contributed by atoms with Crippen LogP contribution in [0, 0.1) is 10.8 Å². The van der Waals surface area contributed by atoms with Crippen molar-refractivity contribution < 1.29 is 0 Å². The molecule has 0 amide bonds. The van der Waals surface area contributed by atoms with Gasteiger partial charge in [0.2, 0.25) is 0 Å². The number of allylic oxidation sites excluding steroid dienone is 1. The van der Waals surface area contributed by atoms with Gasteiger partial charge in [0, 0.05) is 0 Å². The largest absolute Gasteiger partial charge is 0.0998 e. The quantitative estimate of drug-likeness (QED) is 0.445. The fourth-order valence-electron chi connectivity index (χ4n) is 2.95. The summed E-state index contributed by atoms with van der Waals surface area (Å²) in [5.41, 5.74) is 2.32. The molecule has 0 saturated heterocycles. The van der Waals surface area contributed by atoms with Crippen molar-refractivity contribution >= 4 is 0 Å². The lowest BCUT2D eigenvalue weighted by molar-refractivity contribution is 0.288. The minimum atomic E-state index is 0.439.